The molecular weight excluding hydrogens is 226 g/mol. The van der Waals surface area contributed by atoms with E-state index in [0.29, 0.717) is 11.0 Å². The number of nitrogens with zero attached hydrogens (tertiary/aromatic N) is 1. The van der Waals surface area contributed by atoms with E-state index in [1.807, 2.05) is 19.1 Å². The molecule has 5 heteroatoms. The lowest BCUT2D eigenvalue weighted by Gasteiger charge is -2.13. The van der Waals surface area contributed by atoms with E-state index in [9.17, 15) is 0 Å². The second-order valence-corrected chi connectivity index (χ2v) is 3.85. The van der Waals surface area contributed by atoms with Gasteiger partial charge in [-0.1, -0.05) is 6.07 Å². The smallest absolute Gasteiger partial charge is 0.193 e. The maximum Gasteiger partial charge on any atom is 0.193 e. The first-order valence-corrected chi connectivity index (χ1v) is 5.22. The Hall–Kier alpha value is -1.36. The number of halogens is 1. The number of rotatable bonds is 3. The fourth-order valence-corrected chi connectivity index (χ4v) is 1.63. The average molecular weight is 238 g/mol. The molecule has 1 unspecified atom stereocenters. The number of furan rings is 1. The normalized spacial score (nSPS) is 12.7. The van der Waals surface area contributed by atoms with Gasteiger partial charge in [0.25, 0.3) is 0 Å². The van der Waals surface area contributed by atoms with Gasteiger partial charge in [0.2, 0.25) is 0 Å². The van der Waals surface area contributed by atoms with Gasteiger partial charge in [-0.05, 0) is 42.3 Å². The molecule has 0 bridgehead atoms. The Labute approximate surface area is 98.4 Å². The van der Waals surface area contributed by atoms with E-state index in [1.54, 1.807) is 18.3 Å². The maximum atomic E-state index is 5.72. The van der Waals surface area contributed by atoms with Crippen molar-refractivity contribution in [1.82, 2.24) is 10.4 Å². The number of nitrogens with two attached hydrogens (primary N) is 1. The number of pyridine rings is 1. The van der Waals surface area contributed by atoms with Crippen LogP contribution in [-0.4, -0.2) is 4.98 Å². The molecule has 2 rings (SSSR count). The quantitative estimate of drug-likeness (QED) is 0.635. The molecule has 4 nitrogen and oxygen atoms in total. The van der Waals surface area contributed by atoms with Crippen LogP contribution in [0.3, 0.4) is 0 Å². The van der Waals surface area contributed by atoms with Crippen LogP contribution < -0.4 is 11.3 Å². The summed E-state index contributed by atoms with van der Waals surface area (Å²) >= 11 is 5.72. The highest BCUT2D eigenvalue weighted by atomic mass is 35.5. The molecule has 0 saturated heterocycles. The van der Waals surface area contributed by atoms with Crippen LogP contribution in [0, 0.1) is 6.92 Å². The predicted octanol–water partition coefficient (Wildman–Crippen LogP) is 2.19. The van der Waals surface area contributed by atoms with Crippen molar-refractivity contribution in [3.8, 4) is 0 Å². The van der Waals surface area contributed by atoms with Crippen molar-refractivity contribution in [2.45, 2.75) is 13.0 Å². The highest BCUT2D eigenvalue weighted by Crippen LogP contribution is 2.24. The van der Waals surface area contributed by atoms with Gasteiger partial charge in [0, 0.05) is 11.9 Å². The minimum Gasteiger partial charge on any atom is -0.448 e. The predicted molar refractivity (Wildman–Crippen MR) is 61.9 cm³/mol. The van der Waals surface area contributed by atoms with Crippen molar-refractivity contribution >= 4 is 11.6 Å². The zero-order chi connectivity index (χ0) is 11.5. The van der Waals surface area contributed by atoms with Crippen LogP contribution >= 0.6 is 11.6 Å². The first kappa shape index (κ1) is 11.1. The van der Waals surface area contributed by atoms with Crippen LogP contribution in [-0.2, 0) is 0 Å². The molecule has 0 radical (unpaired) electrons. The van der Waals surface area contributed by atoms with E-state index in [4.69, 9.17) is 21.9 Å². The zero-order valence-electron chi connectivity index (χ0n) is 8.77. The summed E-state index contributed by atoms with van der Waals surface area (Å²) in [6.45, 7) is 1.93. The van der Waals surface area contributed by atoms with Crippen LogP contribution in [0.5, 0.6) is 0 Å². The standard InChI is InChI=1S/C11H12ClN3O/c1-7-2-3-8(6-14-7)11(15-13)9-4-5-10(12)16-9/h2-6,11,15H,13H2,1H3. The van der Waals surface area contributed by atoms with Gasteiger partial charge >= 0.3 is 0 Å². The molecule has 16 heavy (non-hydrogen) atoms. The summed E-state index contributed by atoms with van der Waals surface area (Å²) in [5.41, 5.74) is 4.56. The van der Waals surface area contributed by atoms with Crippen LogP contribution in [0.4, 0.5) is 0 Å². The van der Waals surface area contributed by atoms with Gasteiger partial charge in [0.1, 0.15) is 11.8 Å². The molecule has 0 saturated carbocycles. The van der Waals surface area contributed by atoms with Gasteiger partial charge in [-0.25, -0.2) is 5.43 Å². The highest BCUT2D eigenvalue weighted by molar-refractivity contribution is 6.28. The van der Waals surface area contributed by atoms with Crippen molar-refractivity contribution in [3.05, 3.63) is 52.7 Å². The van der Waals surface area contributed by atoms with Gasteiger partial charge in [0.15, 0.2) is 5.22 Å². The van der Waals surface area contributed by atoms with E-state index in [1.165, 1.54) is 0 Å². The topological polar surface area (TPSA) is 64.1 Å². The van der Waals surface area contributed by atoms with Crippen LogP contribution in [0.2, 0.25) is 5.22 Å². The molecule has 0 aromatic carbocycles. The molecular formula is C11H12ClN3O. The summed E-state index contributed by atoms with van der Waals surface area (Å²) in [7, 11) is 0. The van der Waals surface area contributed by atoms with E-state index < -0.39 is 0 Å². The number of hydrogen-bond acceptors (Lipinski definition) is 4. The molecule has 0 fully saturated rings. The number of hydrazine groups is 1. The molecule has 3 N–H and O–H groups in total. The molecule has 0 aliphatic carbocycles. The Bertz CT molecular complexity index is 466. The fourth-order valence-electron chi connectivity index (χ4n) is 1.48. The summed E-state index contributed by atoms with van der Waals surface area (Å²) in [5, 5.41) is 0.343. The minimum atomic E-state index is -0.236. The monoisotopic (exact) mass is 237 g/mol. The second-order valence-electron chi connectivity index (χ2n) is 3.47. The third kappa shape index (κ3) is 2.24. The molecule has 0 aliphatic heterocycles. The Morgan fingerprint density at radius 1 is 1.38 bits per heavy atom. The first-order chi connectivity index (χ1) is 7.70. The Morgan fingerprint density at radius 2 is 2.19 bits per heavy atom. The molecule has 0 spiro atoms. The summed E-state index contributed by atoms with van der Waals surface area (Å²) in [4.78, 5) is 4.21. The lowest BCUT2D eigenvalue weighted by Crippen LogP contribution is -2.28. The largest absolute Gasteiger partial charge is 0.448 e. The van der Waals surface area contributed by atoms with Gasteiger partial charge < -0.3 is 4.42 Å². The Kier molecular flexibility index (Phi) is 3.24. The molecule has 2 heterocycles. The van der Waals surface area contributed by atoms with Crippen LogP contribution in [0.15, 0.2) is 34.9 Å². The third-order valence-electron chi connectivity index (χ3n) is 2.31. The first-order valence-electron chi connectivity index (χ1n) is 4.84. The average Bonchev–Trinajstić information content (AvgIpc) is 2.69. The Balaban J connectivity index is 2.32. The van der Waals surface area contributed by atoms with E-state index in [-0.39, 0.29) is 6.04 Å². The SMILES string of the molecule is Cc1ccc(C(NN)c2ccc(Cl)o2)cn1. The maximum absolute atomic E-state index is 5.72. The number of aromatic nitrogens is 1. The van der Waals surface area contributed by atoms with Gasteiger partial charge in [0.05, 0.1) is 0 Å². The van der Waals surface area contributed by atoms with Crippen molar-refractivity contribution in [1.29, 1.82) is 0 Å². The van der Waals surface area contributed by atoms with Crippen molar-refractivity contribution in [2.24, 2.45) is 5.84 Å². The highest BCUT2D eigenvalue weighted by Gasteiger charge is 2.16. The lowest BCUT2D eigenvalue weighted by atomic mass is 10.1. The number of nitrogens with one attached hydrogen (secondary N) is 1. The minimum absolute atomic E-state index is 0.236. The van der Waals surface area contributed by atoms with Crippen molar-refractivity contribution in [3.63, 3.8) is 0 Å². The van der Waals surface area contributed by atoms with Crippen molar-refractivity contribution < 1.29 is 4.42 Å². The Morgan fingerprint density at radius 3 is 2.69 bits per heavy atom. The number of aryl methyl sites for hydroxylation is 1. The molecule has 0 amide bonds. The molecule has 1 atom stereocenters. The molecule has 0 aliphatic rings. The van der Waals surface area contributed by atoms with E-state index >= 15 is 0 Å². The molecule has 2 aromatic heterocycles. The summed E-state index contributed by atoms with van der Waals surface area (Å²) in [5.74, 6) is 6.17. The van der Waals surface area contributed by atoms with Crippen molar-refractivity contribution in [2.75, 3.05) is 0 Å². The lowest BCUT2D eigenvalue weighted by molar-refractivity contribution is 0.453. The number of hydrogen-bond donors (Lipinski definition) is 2. The van der Waals surface area contributed by atoms with Gasteiger partial charge in [-0.15, -0.1) is 0 Å². The summed E-state index contributed by atoms with van der Waals surface area (Å²) < 4.78 is 5.32. The van der Waals surface area contributed by atoms with E-state index in [0.717, 1.165) is 11.3 Å². The second kappa shape index (κ2) is 4.65. The van der Waals surface area contributed by atoms with Crippen LogP contribution in [0.25, 0.3) is 0 Å². The summed E-state index contributed by atoms with van der Waals surface area (Å²) in [6.07, 6.45) is 1.76. The third-order valence-corrected chi connectivity index (χ3v) is 2.52. The van der Waals surface area contributed by atoms with E-state index in [2.05, 4.69) is 10.4 Å². The summed E-state index contributed by atoms with van der Waals surface area (Å²) in [6, 6.07) is 7.10. The van der Waals surface area contributed by atoms with Crippen LogP contribution in [0.1, 0.15) is 23.1 Å². The van der Waals surface area contributed by atoms with Gasteiger partial charge in [-0.3, -0.25) is 10.8 Å². The van der Waals surface area contributed by atoms with Gasteiger partial charge in [-0.2, -0.15) is 0 Å². The fraction of sp³-hybridized carbons (Fsp3) is 0.182. The molecule has 84 valence electrons. The molecule has 2 aromatic rings. The zero-order valence-corrected chi connectivity index (χ0v) is 9.53.